The first-order valence-corrected chi connectivity index (χ1v) is 9.90. The van der Waals surface area contributed by atoms with Gasteiger partial charge in [0.15, 0.2) is 5.65 Å². The Morgan fingerprint density at radius 2 is 1.97 bits per heavy atom. The van der Waals surface area contributed by atoms with Crippen molar-refractivity contribution in [2.24, 2.45) is 0 Å². The van der Waals surface area contributed by atoms with Crippen LogP contribution in [0.5, 0.6) is 0 Å². The van der Waals surface area contributed by atoms with Gasteiger partial charge in [-0.3, -0.25) is 9.78 Å². The fraction of sp³-hybridized carbons (Fsp3) is 0.400. The number of amides is 1. The van der Waals surface area contributed by atoms with Crippen LogP contribution >= 0.6 is 0 Å². The summed E-state index contributed by atoms with van der Waals surface area (Å²) in [5, 5.41) is 11.8. The molecule has 0 atom stereocenters. The molecular formula is C20H24N6O3. The van der Waals surface area contributed by atoms with E-state index in [4.69, 9.17) is 10.1 Å². The quantitative estimate of drug-likeness (QED) is 0.517. The average Bonchev–Trinajstić information content (AvgIpc) is 2.98. The van der Waals surface area contributed by atoms with Gasteiger partial charge in [-0.1, -0.05) is 12.8 Å². The summed E-state index contributed by atoms with van der Waals surface area (Å²) in [4.78, 5) is 38.7. The molecule has 4 rings (SSSR count). The molecule has 29 heavy (non-hydrogen) atoms. The molecule has 4 heterocycles. The third-order valence-corrected chi connectivity index (χ3v) is 5.09. The number of nitrogens with zero attached hydrogens (tertiary/aromatic N) is 4. The van der Waals surface area contributed by atoms with Gasteiger partial charge in [-0.25, -0.2) is 19.3 Å². The lowest BCUT2D eigenvalue weighted by Gasteiger charge is -2.23. The monoisotopic (exact) mass is 396 g/mol. The second-order valence-corrected chi connectivity index (χ2v) is 7.06. The Balaban J connectivity index is 1.69. The number of pyridine rings is 2. The number of hydrogen-bond donors (Lipinski definition) is 3. The lowest BCUT2D eigenvalue weighted by atomic mass is 10.2. The van der Waals surface area contributed by atoms with Crippen LogP contribution in [-0.4, -0.2) is 56.8 Å². The minimum Gasteiger partial charge on any atom is -0.396 e. The van der Waals surface area contributed by atoms with Crippen LogP contribution in [0.3, 0.4) is 0 Å². The Labute approximate surface area is 167 Å². The van der Waals surface area contributed by atoms with E-state index < -0.39 is 0 Å². The molecule has 9 heteroatoms. The molecule has 3 N–H and O–H groups in total. The average molecular weight is 396 g/mol. The summed E-state index contributed by atoms with van der Waals surface area (Å²) in [6, 6.07) is 6.98. The molecule has 0 bridgehead atoms. The van der Waals surface area contributed by atoms with Gasteiger partial charge in [0, 0.05) is 32.4 Å². The number of H-pyrrole nitrogens is 1. The third-order valence-electron chi connectivity index (χ3n) is 5.09. The number of carbonyl (C=O) groups excluding carboxylic acids is 1. The van der Waals surface area contributed by atoms with Crippen molar-refractivity contribution in [1.82, 2.24) is 24.8 Å². The number of aromatic amines is 1. The van der Waals surface area contributed by atoms with Crippen LogP contribution in [0.1, 0.15) is 36.0 Å². The van der Waals surface area contributed by atoms with Gasteiger partial charge in [-0.05, 0) is 37.1 Å². The highest BCUT2D eigenvalue weighted by Gasteiger charge is 2.23. The Hall–Kier alpha value is -3.20. The first-order chi connectivity index (χ1) is 14.2. The van der Waals surface area contributed by atoms with Gasteiger partial charge in [0.2, 0.25) is 0 Å². The highest BCUT2D eigenvalue weighted by Crippen LogP contribution is 2.23. The maximum absolute atomic E-state index is 12.5. The van der Waals surface area contributed by atoms with E-state index in [0.717, 1.165) is 32.2 Å². The molecule has 0 radical (unpaired) electrons. The second kappa shape index (κ2) is 8.44. The zero-order valence-electron chi connectivity index (χ0n) is 16.1. The van der Waals surface area contributed by atoms with Gasteiger partial charge in [-0.2, -0.15) is 0 Å². The molecule has 152 valence electrons. The lowest BCUT2D eigenvalue weighted by Crippen LogP contribution is -2.31. The van der Waals surface area contributed by atoms with Crippen molar-refractivity contribution in [3.63, 3.8) is 0 Å². The summed E-state index contributed by atoms with van der Waals surface area (Å²) < 4.78 is 1.48. The van der Waals surface area contributed by atoms with Crippen LogP contribution in [-0.2, 0) is 0 Å². The van der Waals surface area contributed by atoms with E-state index in [9.17, 15) is 9.59 Å². The summed E-state index contributed by atoms with van der Waals surface area (Å²) in [5.74, 6) is 0.882. The van der Waals surface area contributed by atoms with Gasteiger partial charge in [0.05, 0.1) is 11.1 Å². The van der Waals surface area contributed by atoms with Gasteiger partial charge < -0.3 is 15.3 Å². The predicted molar refractivity (Wildman–Crippen MR) is 110 cm³/mol. The number of aliphatic hydroxyl groups is 1. The standard InChI is InChI=1S/C20H24N6O3/c27-13-4-2-1-3-11-25-12-10-22-19(28)14-7-8-16(23-18(14)25)26-15-6-5-9-21-17(15)24-20(26)29/h5-9,27H,1-4,10-13H2,(H,22,28)(H,21,24,29). The number of fused-ring (bicyclic) bond motifs is 2. The third kappa shape index (κ3) is 3.86. The van der Waals surface area contributed by atoms with E-state index in [2.05, 4.69) is 20.2 Å². The molecule has 9 nitrogen and oxygen atoms in total. The SMILES string of the molecule is O=C1NCCN(CCCCCCO)c2nc(-n3c(=O)[nH]c4ncccc43)ccc21. The Kier molecular flexibility index (Phi) is 5.57. The number of carbonyl (C=O) groups is 1. The first-order valence-electron chi connectivity index (χ1n) is 9.90. The molecule has 0 saturated carbocycles. The molecular weight excluding hydrogens is 372 g/mol. The molecule has 1 amide bonds. The predicted octanol–water partition coefficient (Wildman–Crippen LogP) is 1.21. The smallest absolute Gasteiger partial charge is 0.333 e. The van der Waals surface area contributed by atoms with E-state index in [0.29, 0.717) is 41.5 Å². The Bertz CT molecular complexity index is 1070. The number of anilines is 1. The molecule has 3 aromatic rings. The second-order valence-electron chi connectivity index (χ2n) is 7.06. The molecule has 1 aliphatic heterocycles. The molecule has 0 spiro atoms. The summed E-state index contributed by atoms with van der Waals surface area (Å²) in [6.45, 7) is 2.16. The van der Waals surface area contributed by atoms with E-state index in [-0.39, 0.29) is 18.2 Å². The topological polar surface area (TPSA) is 116 Å². The van der Waals surface area contributed by atoms with Crippen LogP contribution in [0.15, 0.2) is 35.3 Å². The van der Waals surface area contributed by atoms with E-state index in [1.807, 2.05) is 0 Å². The van der Waals surface area contributed by atoms with Crippen molar-refractivity contribution < 1.29 is 9.90 Å². The van der Waals surface area contributed by atoms with E-state index in [1.54, 1.807) is 30.5 Å². The fourth-order valence-corrected chi connectivity index (χ4v) is 3.64. The minimum absolute atomic E-state index is 0.158. The Morgan fingerprint density at radius 1 is 1.10 bits per heavy atom. The maximum atomic E-state index is 12.5. The summed E-state index contributed by atoms with van der Waals surface area (Å²) >= 11 is 0. The molecule has 0 aromatic carbocycles. The van der Waals surface area contributed by atoms with Crippen LogP contribution in [0, 0.1) is 0 Å². The first kappa shape index (κ1) is 19.1. The molecule has 0 fully saturated rings. The highest BCUT2D eigenvalue weighted by atomic mass is 16.3. The maximum Gasteiger partial charge on any atom is 0.333 e. The number of imidazole rings is 1. The largest absolute Gasteiger partial charge is 0.396 e. The van der Waals surface area contributed by atoms with Crippen molar-refractivity contribution in [2.75, 3.05) is 31.1 Å². The van der Waals surface area contributed by atoms with Crippen molar-refractivity contribution in [1.29, 1.82) is 0 Å². The summed E-state index contributed by atoms with van der Waals surface area (Å²) in [7, 11) is 0. The van der Waals surface area contributed by atoms with Crippen molar-refractivity contribution in [3.8, 4) is 5.82 Å². The molecule has 0 saturated heterocycles. The number of aliphatic hydroxyl groups excluding tert-OH is 1. The van der Waals surface area contributed by atoms with Gasteiger partial charge in [0.25, 0.3) is 5.91 Å². The molecule has 3 aromatic heterocycles. The van der Waals surface area contributed by atoms with Crippen LogP contribution < -0.4 is 15.9 Å². The van der Waals surface area contributed by atoms with Crippen molar-refractivity contribution in [2.45, 2.75) is 25.7 Å². The number of unbranched alkanes of at least 4 members (excludes halogenated alkanes) is 3. The molecule has 0 aliphatic carbocycles. The van der Waals surface area contributed by atoms with Gasteiger partial charge >= 0.3 is 5.69 Å². The van der Waals surface area contributed by atoms with Crippen LogP contribution in [0.25, 0.3) is 17.0 Å². The lowest BCUT2D eigenvalue weighted by molar-refractivity contribution is 0.0957. The number of rotatable bonds is 7. The van der Waals surface area contributed by atoms with Gasteiger partial charge in [-0.15, -0.1) is 0 Å². The summed E-state index contributed by atoms with van der Waals surface area (Å²) in [5.41, 5.74) is 1.32. The van der Waals surface area contributed by atoms with Gasteiger partial charge in [0.1, 0.15) is 11.6 Å². The van der Waals surface area contributed by atoms with Crippen molar-refractivity contribution >= 4 is 22.9 Å². The fourth-order valence-electron chi connectivity index (χ4n) is 3.64. The number of nitrogens with one attached hydrogen (secondary N) is 2. The zero-order chi connectivity index (χ0) is 20.2. The summed E-state index contributed by atoms with van der Waals surface area (Å²) in [6.07, 6.45) is 5.34. The normalized spacial score (nSPS) is 14.0. The number of aromatic nitrogens is 4. The van der Waals surface area contributed by atoms with Crippen LogP contribution in [0.4, 0.5) is 5.82 Å². The number of hydrogen-bond acceptors (Lipinski definition) is 6. The van der Waals surface area contributed by atoms with Crippen molar-refractivity contribution in [3.05, 3.63) is 46.5 Å². The minimum atomic E-state index is -0.320. The zero-order valence-corrected chi connectivity index (χ0v) is 16.1. The van der Waals surface area contributed by atoms with E-state index in [1.165, 1.54) is 4.57 Å². The molecule has 1 aliphatic rings. The molecule has 0 unspecified atom stereocenters. The Morgan fingerprint density at radius 3 is 2.83 bits per heavy atom. The van der Waals surface area contributed by atoms with Crippen LogP contribution in [0.2, 0.25) is 0 Å². The highest BCUT2D eigenvalue weighted by molar-refractivity contribution is 5.99. The van der Waals surface area contributed by atoms with E-state index >= 15 is 0 Å².